The molecule has 1 amide bonds. The number of aryl methyl sites for hydroxylation is 4. The van der Waals surface area contributed by atoms with Gasteiger partial charge in [-0.25, -0.2) is 0 Å². The fraction of sp³-hybridized carbons (Fsp3) is 0.571. The molecule has 21 heavy (non-hydrogen) atoms. The average Bonchev–Trinajstić information content (AvgIpc) is 2.93. The Morgan fingerprint density at radius 2 is 2.19 bits per heavy atom. The predicted molar refractivity (Wildman–Crippen MR) is 76.7 cm³/mol. The Morgan fingerprint density at radius 3 is 2.90 bits per heavy atom. The Bertz CT molecular complexity index is 671. The van der Waals surface area contributed by atoms with E-state index in [1.165, 1.54) is 0 Å². The second kappa shape index (κ2) is 5.31. The minimum atomic E-state index is 0.000350. The van der Waals surface area contributed by atoms with E-state index in [4.69, 9.17) is 0 Å². The van der Waals surface area contributed by atoms with E-state index >= 15 is 0 Å². The number of hydrogen-bond acceptors (Lipinski definition) is 4. The number of amides is 1. The van der Waals surface area contributed by atoms with E-state index in [2.05, 4.69) is 25.2 Å². The maximum absolute atomic E-state index is 12.2. The first kappa shape index (κ1) is 13.8. The van der Waals surface area contributed by atoms with E-state index in [1.54, 1.807) is 4.68 Å². The van der Waals surface area contributed by atoms with Gasteiger partial charge in [0.15, 0.2) is 0 Å². The lowest BCUT2D eigenvalue weighted by atomic mass is 10.1. The molecule has 0 saturated heterocycles. The molecule has 1 unspecified atom stereocenters. The Morgan fingerprint density at radius 1 is 1.38 bits per heavy atom. The van der Waals surface area contributed by atoms with Gasteiger partial charge in [-0.05, 0) is 33.3 Å². The van der Waals surface area contributed by atoms with Crippen molar-refractivity contribution in [2.45, 2.75) is 52.7 Å². The Kier molecular flexibility index (Phi) is 3.48. The second-order valence-electron chi connectivity index (χ2n) is 5.66. The van der Waals surface area contributed by atoms with Gasteiger partial charge >= 0.3 is 0 Å². The summed E-state index contributed by atoms with van der Waals surface area (Å²) in [7, 11) is 0. The summed E-state index contributed by atoms with van der Waals surface area (Å²) in [6.07, 6.45) is 1.76. The molecule has 1 aliphatic rings. The third-order valence-electron chi connectivity index (χ3n) is 3.89. The van der Waals surface area contributed by atoms with Crippen LogP contribution in [-0.4, -0.2) is 36.5 Å². The van der Waals surface area contributed by atoms with Crippen molar-refractivity contribution < 1.29 is 4.79 Å². The first-order valence-corrected chi connectivity index (χ1v) is 7.22. The Hall–Kier alpha value is -2.18. The highest BCUT2D eigenvalue weighted by Gasteiger charge is 2.22. The van der Waals surface area contributed by atoms with Gasteiger partial charge in [0.25, 0.3) is 0 Å². The zero-order valence-electron chi connectivity index (χ0n) is 12.6. The number of nitrogens with one attached hydrogen (secondary N) is 1. The van der Waals surface area contributed by atoms with Crippen LogP contribution in [0.3, 0.4) is 0 Å². The Balaban J connectivity index is 1.61. The van der Waals surface area contributed by atoms with Crippen molar-refractivity contribution >= 4 is 5.91 Å². The third kappa shape index (κ3) is 2.81. The lowest BCUT2D eigenvalue weighted by Gasteiger charge is -2.25. The van der Waals surface area contributed by atoms with Crippen molar-refractivity contribution in [1.29, 1.82) is 0 Å². The lowest BCUT2D eigenvalue weighted by Crippen LogP contribution is -2.42. The summed E-state index contributed by atoms with van der Waals surface area (Å²) >= 11 is 0. The molecule has 0 bridgehead atoms. The molecular formula is C14H20N6O. The summed E-state index contributed by atoms with van der Waals surface area (Å²) in [5, 5.41) is 15.6. The highest BCUT2D eigenvalue weighted by Crippen LogP contribution is 2.14. The van der Waals surface area contributed by atoms with Gasteiger partial charge in [-0.1, -0.05) is 0 Å². The summed E-state index contributed by atoms with van der Waals surface area (Å²) < 4.78 is 3.82. The number of rotatable bonds is 3. The molecule has 7 heteroatoms. The smallest absolute Gasteiger partial charge is 0.242 e. The quantitative estimate of drug-likeness (QED) is 0.893. The average molecular weight is 288 g/mol. The molecule has 0 aromatic carbocycles. The van der Waals surface area contributed by atoms with Crippen LogP contribution in [0.4, 0.5) is 0 Å². The zero-order chi connectivity index (χ0) is 15.0. The first-order chi connectivity index (χ1) is 10.0. The van der Waals surface area contributed by atoms with Gasteiger partial charge in [-0.3, -0.25) is 9.48 Å². The van der Waals surface area contributed by atoms with Gasteiger partial charge in [0.05, 0.1) is 5.69 Å². The number of fused-ring (bicyclic) bond motifs is 1. The van der Waals surface area contributed by atoms with Crippen LogP contribution in [0.15, 0.2) is 6.07 Å². The van der Waals surface area contributed by atoms with Gasteiger partial charge in [-0.2, -0.15) is 5.10 Å². The van der Waals surface area contributed by atoms with Crippen molar-refractivity contribution in [1.82, 2.24) is 29.9 Å². The predicted octanol–water partition coefficient (Wildman–Crippen LogP) is 0.531. The molecule has 3 rings (SSSR count). The lowest BCUT2D eigenvalue weighted by molar-refractivity contribution is -0.122. The summed E-state index contributed by atoms with van der Waals surface area (Å²) in [5.41, 5.74) is 1.94. The van der Waals surface area contributed by atoms with E-state index in [0.717, 1.165) is 42.4 Å². The topological polar surface area (TPSA) is 77.6 Å². The summed E-state index contributed by atoms with van der Waals surface area (Å²) in [4.78, 5) is 12.2. The molecule has 0 aliphatic carbocycles. The summed E-state index contributed by atoms with van der Waals surface area (Å²) in [6.45, 7) is 6.84. The number of carbonyl (C=O) groups excluding carboxylic acids is 1. The van der Waals surface area contributed by atoms with Crippen LogP contribution in [0, 0.1) is 20.8 Å². The van der Waals surface area contributed by atoms with Gasteiger partial charge in [-0.15, -0.1) is 10.2 Å². The maximum atomic E-state index is 12.2. The minimum Gasteiger partial charge on any atom is -0.350 e. The molecule has 2 aromatic rings. The van der Waals surface area contributed by atoms with Crippen LogP contribution >= 0.6 is 0 Å². The van der Waals surface area contributed by atoms with Crippen molar-refractivity contribution in [3.05, 3.63) is 29.1 Å². The fourth-order valence-electron chi connectivity index (χ4n) is 2.82. The van der Waals surface area contributed by atoms with Crippen LogP contribution in [0.25, 0.3) is 0 Å². The first-order valence-electron chi connectivity index (χ1n) is 7.22. The van der Waals surface area contributed by atoms with Gasteiger partial charge < -0.3 is 9.88 Å². The monoisotopic (exact) mass is 288 g/mol. The largest absolute Gasteiger partial charge is 0.350 e. The number of carbonyl (C=O) groups is 1. The molecule has 1 atom stereocenters. The molecule has 7 nitrogen and oxygen atoms in total. The number of hydrogen-bond donors (Lipinski definition) is 1. The highest BCUT2D eigenvalue weighted by molar-refractivity contribution is 5.76. The van der Waals surface area contributed by atoms with Gasteiger partial charge in [0, 0.05) is 24.7 Å². The van der Waals surface area contributed by atoms with E-state index in [1.807, 2.05) is 26.8 Å². The summed E-state index contributed by atoms with van der Waals surface area (Å²) in [5.74, 6) is 1.92. The van der Waals surface area contributed by atoms with E-state index < -0.39 is 0 Å². The minimum absolute atomic E-state index is 0.000350. The molecule has 0 saturated carbocycles. The van der Waals surface area contributed by atoms with Crippen LogP contribution in [-0.2, 0) is 24.3 Å². The van der Waals surface area contributed by atoms with Crippen molar-refractivity contribution in [2.24, 2.45) is 0 Å². The molecule has 2 aromatic heterocycles. The molecule has 1 aliphatic heterocycles. The van der Waals surface area contributed by atoms with Crippen molar-refractivity contribution in [3.8, 4) is 0 Å². The van der Waals surface area contributed by atoms with Crippen LogP contribution in [0.5, 0.6) is 0 Å². The molecular weight excluding hydrogens is 268 g/mol. The standard InChI is InChI=1S/C14H20N6O/c1-9-6-10(2)20(18-9)8-14(21)15-12-4-5-13-17-16-11(3)19(13)7-12/h6,12H,4-5,7-8H2,1-3H3,(H,15,21). The van der Waals surface area contributed by atoms with Gasteiger partial charge in [0.1, 0.15) is 18.2 Å². The SMILES string of the molecule is Cc1cc(C)n(CC(=O)NC2CCc3nnc(C)n3C2)n1. The zero-order valence-corrected chi connectivity index (χ0v) is 12.6. The molecule has 0 spiro atoms. The third-order valence-corrected chi connectivity index (χ3v) is 3.89. The Labute approximate surface area is 123 Å². The van der Waals surface area contributed by atoms with Crippen LogP contribution in [0.2, 0.25) is 0 Å². The van der Waals surface area contributed by atoms with Crippen LogP contribution < -0.4 is 5.32 Å². The summed E-state index contributed by atoms with van der Waals surface area (Å²) in [6, 6.07) is 2.11. The van der Waals surface area contributed by atoms with E-state index in [-0.39, 0.29) is 18.5 Å². The van der Waals surface area contributed by atoms with Gasteiger partial charge in [0.2, 0.25) is 5.91 Å². The normalized spacial score (nSPS) is 17.6. The van der Waals surface area contributed by atoms with E-state index in [0.29, 0.717) is 0 Å². The molecule has 0 fully saturated rings. The molecule has 112 valence electrons. The van der Waals surface area contributed by atoms with Crippen LogP contribution in [0.1, 0.15) is 29.5 Å². The maximum Gasteiger partial charge on any atom is 0.242 e. The number of aromatic nitrogens is 5. The van der Waals surface area contributed by atoms with Crippen molar-refractivity contribution in [2.75, 3.05) is 0 Å². The van der Waals surface area contributed by atoms with E-state index in [9.17, 15) is 4.79 Å². The second-order valence-corrected chi connectivity index (χ2v) is 5.66. The number of nitrogens with zero attached hydrogens (tertiary/aromatic N) is 5. The van der Waals surface area contributed by atoms with Crippen molar-refractivity contribution in [3.63, 3.8) is 0 Å². The molecule has 1 N–H and O–H groups in total. The highest BCUT2D eigenvalue weighted by atomic mass is 16.2. The molecule has 3 heterocycles. The fourth-order valence-corrected chi connectivity index (χ4v) is 2.82. The molecule has 0 radical (unpaired) electrons.